The Labute approximate surface area is 173 Å². The third-order valence-electron chi connectivity index (χ3n) is 4.97. The molecule has 28 heavy (non-hydrogen) atoms. The van der Waals surface area contributed by atoms with E-state index in [-0.39, 0.29) is 5.78 Å². The van der Waals surface area contributed by atoms with E-state index in [1.54, 1.807) is 49.4 Å². The van der Waals surface area contributed by atoms with Crippen LogP contribution in [-0.2, 0) is 15.1 Å². The van der Waals surface area contributed by atoms with Crippen LogP contribution in [0, 0.1) is 12.8 Å². The Morgan fingerprint density at radius 2 is 1.71 bits per heavy atom. The van der Waals surface area contributed by atoms with Crippen LogP contribution in [0.1, 0.15) is 28.4 Å². The number of Topliss-reactive ketones (excluding diaryl/α,β-unsaturated/α-hetero) is 1. The second-order valence-corrected chi connectivity index (χ2v) is 8.59. The van der Waals surface area contributed by atoms with Crippen LogP contribution in [-0.4, -0.2) is 29.2 Å². The van der Waals surface area contributed by atoms with E-state index in [0.717, 1.165) is 17.3 Å². The van der Waals surface area contributed by atoms with Gasteiger partial charge in [0.1, 0.15) is 0 Å². The van der Waals surface area contributed by atoms with E-state index >= 15 is 0 Å². The molecule has 1 aliphatic rings. The SMILES string of the molecule is COC(=O)C1=C[C@@H]([C@](C)(O)c2ccc(Cl)cc2)[C@H](C(=O)c2ccc(C)cc2)S1. The van der Waals surface area contributed by atoms with Crippen molar-refractivity contribution in [2.75, 3.05) is 7.11 Å². The minimum atomic E-state index is -1.38. The summed E-state index contributed by atoms with van der Waals surface area (Å²) >= 11 is 7.10. The number of aliphatic hydroxyl groups is 1. The van der Waals surface area contributed by atoms with Crippen molar-refractivity contribution in [2.24, 2.45) is 5.92 Å². The van der Waals surface area contributed by atoms with Gasteiger partial charge in [0.2, 0.25) is 0 Å². The Bertz CT molecular complexity index is 917. The van der Waals surface area contributed by atoms with Gasteiger partial charge in [0.15, 0.2) is 5.78 Å². The number of esters is 1. The summed E-state index contributed by atoms with van der Waals surface area (Å²) in [6.07, 6.45) is 1.64. The lowest BCUT2D eigenvalue weighted by molar-refractivity contribution is -0.135. The van der Waals surface area contributed by atoms with Crippen LogP contribution in [0.2, 0.25) is 5.02 Å². The number of aryl methyl sites for hydroxylation is 1. The molecule has 0 radical (unpaired) electrons. The first kappa shape index (κ1) is 20.6. The fourth-order valence-electron chi connectivity index (χ4n) is 3.25. The molecule has 3 atom stereocenters. The maximum absolute atomic E-state index is 13.2. The number of rotatable bonds is 5. The summed E-state index contributed by atoms with van der Waals surface area (Å²) in [5.74, 6) is -1.26. The number of halogens is 1. The van der Waals surface area contributed by atoms with Crippen molar-refractivity contribution in [1.82, 2.24) is 0 Å². The van der Waals surface area contributed by atoms with Crippen molar-refractivity contribution < 1.29 is 19.4 Å². The molecule has 0 saturated heterocycles. The third kappa shape index (κ3) is 4.02. The molecule has 0 aliphatic carbocycles. The molecule has 0 spiro atoms. The number of carbonyl (C=O) groups excluding carboxylic acids is 2. The molecule has 1 aliphatic heterocycles. The van der Waals surface area contributed by atoms with Crippen LogP contribution in [0.3, 0.4) is 0 Å². The highest BCUT2D eigenvalue weighted by atomic mass is 35.5. The zero-order valence-electron chi connectivity index (χ0n) is 15.8. The van der Waals surface area contributed by atoms with Gasteiger partial charge in [0.25, 0.3) is 0 Å². The third-order valence-corrected chi connectivity index (χ3v) is 6.54. The van der Waals surface area contributed by atoms with E-state index in [1.165, 1.54) is 7.11 Å². The van der Waals surface area contributed by atoms with Crippen LogP contribution < -0.4 is 0 Å². The number of ether oxygens (including phenoxy) is 1. The first-order chi connectivity index (χ1) is 13.2. The van der Waals surface area contributed by atoms with E-state index in [2.05, 4.69) is 0 Å². The number of hydrogen-bond donors (Lipinski definition) is 1. The van der Waals surface area contributed by atoms with Crippen LogP contribution in [0.25, 0.3) is 0 Å². The Kier molecular flexibility index (Phi) is 5.98. The predicted octanol–water partition coefficient (Wildman–Crippen LogP) is 4.53. The van der Waals surface area contributed by atoms with Crippen LogP contribution >= 0.6 is 23.4 Å². The quantitative estimate of drug-likeness (QED) is 0.573. The van der Waals surface area contributed by atoms with Gasteiger partial charge in [-0.2, -0.15) is 0 Å². The van der Waals surface area contributed by atoms with E-state index in [9.17, 15) is 14.7 Å². The van der Waals surface area contributed by atoms with E-state index < -0.39 is 22.7 Å². The first-order valence-corrected chi connectivity index (χ1v) is 10.1. The van der Waals surface area contributed by atoms with Gasteiger partial charge in [-0.1, -0.05) is 59.6 Å². The van der Waals surface area contributed by atoms with Crippen LogP contribution in [0.5, 0.6) is 0 Å². The molecule has 0 unspecified atom stereocenters. The molecule has 2 aromatic rings. The summed E-state index contributed by atoms with van der Waals surface area (Å²) in [6, 6.07) is 14.1. The Balaban J connectivity index is 2.00. The number of carbonyl (C=O) groups is 2. The number of methoxy groups -OCH3 is 1. The standard InChI is InChI=1S/C22H21ClO4S/c1-13-4-6-14(7-5-13)19(24)20-17(12-18(28-20)21(25)27-3)22(2,26)15-8-10-16(23)11-9-15/h4-12,17,20,26H,1-3H3/t17-,20-,22-/m1/s1. The Morgan fingerprint density at radius 1 is 1.11 bits per heavy atom. The lowest BCUT2D eigenvalue weighted by atomic mass is 9.79. The molecular formula is C22H21ClO4S. The van der Waals surface area contributed by atoms with Crippen molar-refractivity contribution in [1.29, 1.82) is 0 Å². The summed E-state index contributed by atoms with van der Waals surface area (Å²) in [5, 5.41) is 11.3. The van der Waals surface area contributed by atoms with E-state index in [4.69, 9.17) is 16.3 Å². The molecule has 4 nitrogen and oxygen atoms in total. The van der Waals surface area contributed by atoms with Gasteiger partial charge in [-0.15, -0.1) is 11.8 Å². The molecule has 2 aromatic carbocycles. The number of ketones is 1. The fourth-order valence-corrected chi connectivity index (χ4v) is 4.79. The van der Waals surface area contributed by atoms with Gasteiger partial charge >= 0.3 is 5.97 Å². The summed E-state index contributed by atoms with van der Waals surface area (Å²) in [5.41, 5.74) is 0.832. The van der Waals surface area contributed by atoms with Crippen LogP contribution in [0.15, 0.2) is 59.5 Å². The summed E-state index contributed by atoms with van der Waals surface area (Å²) in [4.78, 5) is 25.6. The molecule has 6 heteroatoms. The summed E-state index contributed by atoms with van der Waals surface area (Å²) in [7, 11) is 1.30. The molecular weight excluding hydrogens is 396 g/mol. The molecule has 1 heterocycles. The summed E-state index contributed by atoms with van der Waals surface area (Å²) in [6.45, 7) is 3.59. The van der Waals surface area contributed by atoms with Crippen molar-refractivity contribution in [3.63, 3.8) is 0 Å². The van der Waals surface area contributed by atoms with Gasteiger partial charge in [-0.05, 0) is 31.5 Å². The van der Waals surface area contributed by atoms with Crippen LogP contribution in [0.4, 0.5) is 0 Å². The molecule has 0 amide bonds. The molecule has 146 valence electrons. The lowest BCUT2D eigenvalue weighted by Gasteiger charge is -2.33. The van der Waals surface area contributed by atoms with Crippen molar-refractivity contribution in [3.8, 4) is 0 Å². The molecule has 3 rings (SSSR count). The van der Waals surface area contributed by atoms with Crippen molar-refractivity contribution in [3.05, 3.63) is 81.2 Å². The second kappa shape index (κ2) is 8.11. The molecule has 0 saturated carbocycles. The largest absolute Gasteiger partial charge is 0.465 e. The smallest absolute Gasteiger partial charge is 0.344 e. The zero-order chi connectivity index (χ0) is 20.5. The van der Waals surface area contributed by atoms with Gasteiger partial charge < -0.3 is 9.84 Å². The minimum absolute atomic E-state index is 0.139. The highest BCUT2D eigenvalue weighted by molar-refractivity contribution is 8.05. The Morgan fingerprint density at radius 3 is 2.29 bits per heavy atom. The van der Waals surface area contributed by atoms with Gasteiger partial charge in [0, 0.05) is 16.5 Å². The minimum Gasteiger partial charge on any atom is -0.465 e. The van der Waals surface area contributed by atoms with Crippen molar-refractivity contribution >= 4 is 35.1 Å². The zero-order valence-corrected chi connectivity index (χ0v) is 17.4. The molecule has 1 N–H and O–H groups in total. The highest BCUT2D eigenvalue weighted by Crippen LogP contribution is 2.47. The molecule has 0 aromatic heterocycles. The number of benzene rings is 2. The normalized spacial score (nSPS) is 21.0. The average molecular weight is 417 g/mol. The van der Waals surface area contributed by atoms with Gasteiger partial charge in [0.05, 0.1) is 22.9 Å². The maximum atomic E-state index is 13.2. The maximum Gasteiger partial charge on any atom is 0.344 e. The van der Waals surface area contributed by atoms with E-state index in [0.29, 0.717) is 21.1 Å². The number of hydrogen-bond acceptors (Lipinski definition) is 5. The fraction of sp³-hybridized carbons (Fsp3) is 0.273. The van der Waals surface area contributed by atoms with Gasteiger partial charge in [-0.3, -0.25) is 4.79 Å². The predicted molar refractivity (Wildman–Crippen MR) is 112 cm³/mol. The summed E-state index contributed by atoms with van der Waals surface area (Å²) < 4.78 is 4.83. The second-order valence-electron chi connectivity index (χ2n) is 6.97. The average Bonchev–Trinajstić information content (AvgIpc) is 3.14. The highest BCUT2D eigenvalue weighted by Gasteiger charge is 2.46. The molecule has 0 bridgehead atoms. The Hall–Kier alpha value is -2.08. The number of thioether (sulfide) groups is 1. The monoisotopic (exact) mass is 416 g/mol. The van der Waals surface area contributed by atoms with E-state index in [1.807, 2.05) is 19.1 Å². The van der Waals surface area contributed by atoms with Crippen molar-refractivity contribution in [2.45, 2.75) is 24.7 Å². The topological polar surface area (TPSA) is 63.6 Å². The molecule has 0 fully saturated rings. The van der Waals surface area contributed by atoms with Gasteiger partial charge in [-0.25, -0.2) is 4.79 Å². The first-order valence-electron chi connectivity index (χ1n) is 8.80. The lowest BCUT2D eigenvalue weighted by Crippen LogP contribution is -2.39.